The van der Waals surface area contributed by atoms with Gasteiger partial charge in [0.1, 0.15) is 46.4 Å². The Morgan fingerprint density at radius 3 is 2.49 bits per heavy atom. The van der Waals surface area contributed by atoms with E-state index in [1.807, 2.05) is 0 Å². The van der Waals surface area contributed by atoms with E-state index in [9.17, 15) is 24.9 Å². The number of phenols is 1. The van der Waals surface area contributed by atoms with Crippen LogP contribution in [-0.4, -0.2) is 46.7 Å². The number of methoxy groups -OCH3 is 1. The van der Waals surface area contributed by atoms with Gasteiger partial charge in [0.05, 0.1) is 29.1 Å². The van der Waals surface area contributed by atoms with E-state index in [0.29, 0.717) is 22.4 Å². The summed E-state index contributed by atoms with van der Waals surface area (Å²) in [7, 11) is 1.36. The molecule has 1 aliphatic rings. The van der Waals surface area contributed by atoms with Crippen LogP contribution in [0.15, 0.2) is 39.6 Å². The number of ether oxygens (including phenoxy) is 3. The van der Waals surface area contributed by atoms with Gasteiger partial charge in [0.15, 0.2) is 0 Å². The number of phenolic OH excluding ortho intramolecular Hbond substituents is 1. The maximum absolute atomic E-state index is 14.0. The van der Waals surface area contributed by atoms with E-state index in [0.717, 1.165) is 0 Å². The summed E-state index contributed by atoms with van der Waals surface area (Å²) in [4.78, 5) is 26.1. The summed E-state index contributed by atoms with van der Waals surface area (Å²) in [5, 5.41) is 31.9. The molecular weight excluding hydrogens is 480 g/mol. The third-order valence-corrected chi connectivity index (χ3v) is 6.85. The highest BCUT2D eigenvalue weighted by Crippen LogP contribution is 2.46. The first kappa shape index (κ1) is 26.7. The van der Waals surface area contributed by atoms with Gasteiger partial charge in [0.25, 0.3) is 0 Å². The molecule has 9 nitrogen and oxygen atoms in total. The Bertz CT molecular complexity index is 1460. The van der Waals surface area contributed by atoms with Crippen LogP contribution in [0, 0.1) is 12.8 Å². The molecule has 3 aromatic rings. The van der Waals surface area contributed by atoms with Crippen molar-refractivity contribution in [2.45, 2.75) is 58.5 Å². The minimum absolute atomic E-state index is 0.00390. The number of aryl methyl sites for hydroxylation is 1. The Morgan fingerprint density at radius 1 is 1.24 bits per heavy atom. The molecule has 3 N–H and O–H groups in total. The third-order valence-electron chi connectivity index (χ3n) is 6.85. The molecule has 2 heterocycles. The average molecular weight is 513 g/mol. The first-order valence-corrected chi connectivity index (χ1v) is 11.9. The predicted molar refractivity (Wildman–Crippen MR) is 137 cm³/mol. The largest absolute Gasteiger partial charge is 0.507 e. The molecule has 0 radical (unpaired) electrons. The molecule has 1 aliphatic heterocycles. The fourth-order valence-electron chi connectivity index (χ4n) is 4.93. The Hall–Kier alpha value is -3.40. The molecule has 198 valence electrons. The van der Waals surface area contributed by atoms with Crippen LogP contribution in [0.25, 0.3) is 21.9 Å². The Balaban J connectivity index is 2.11. The van der Waals surface area contributed by atoms with Crippen molar-refractivity contribution >= 4 is 27.9 Å². The standard InChI is InChI=1S/C28H32O9/c1-12(2)16-11-35-23-13(3)10-18-20(21(23)25(16)36-14(4)29)22(31)19-17(30)9-8-15(24(19)37-18)26(34-7)27(32)28(5,6)33/h8-10,16,25-27,30,32-33H,1,11H2,2-7H3/t16-,25-,26-,27-/m1/s1. The molecule has 1 aromatic heterocycles. The zero-order chi connectivity index (χ0) is 27.4. The minimum atomic E-state index is -1.54. The summed E-state index contributed by atoms with van der Waals surface area (Å²) in [6.45, 7) is 11.9. The molecule has 0 saturated heterocycles. The number of aliphatic hydroxyl groups excluding tert-OH is 1. The molecule has 9 heteroatoms. The van der Waals surface area contributed by atoms with Crippen LogP contribution in [0.1, 0.15) is 56.6 Å². The van der Waals surface area contributed by atoms with Crippen molar-refractivity contribution in [3.63, 3.8) is 0 Å². The zero-order valence-corrected chi connectivity index (χ0v) is 21.7. The Labute approximate surface area is 213 Å². The van der Waals surface area contributed by atoms with Gasteiger partial charge in [-0.05, 0) is 51.5 Å². The lowest BCUT2D eigenvalue weighted by molar-refractivity contribution is -0.150. The van der Waals surface area contributed by atoms with E-state index in [-0.39, 0.29) is 39.9 Å². The number of hydrogen-bond donors (Lipinski definition) is 3. The van der Waals surface area contributed by atoms with Crippen LogP contribution < -0.4 is 10.2 Å². The number of benzene rings is 2. The summed E-state index contributed by atoms with van der Waals surface area (Å²) in [5.74, 6) is -0.867. The smallest absolute Gasteiger partial charge is 0.303 e. The van der Waals surface area contributed by atoms with E-state index in [1.54, 1.807) is 19.9 Å². The van der Waals surface area contributed by atoms with E-state index in [1.165, 1.54) is 40.0 Å². The van der Waals surface area contributed by atoms with Crippen molar-refractivity contribution in [3.05, 3.63) is 57.3 Å². The number of carbonyl (C=O) groups excluding carboxylic acids is 1. The van der Waals surface area contributed by atoms with E-state index < -0.39 is 41.2 Å². The van der Waals surface area contributed by atoms with Crippen molar-refractivity contribution in [2.24, 2.45) is 5.92 Å². The van der Waals surface area contributed by atoms with Crippen LogP contribution >= 0.6 is 0 Å². The van der Waals surface area contributed by atoms with Crippen molar-refractivity contribution < 1.29 is 38.7 Å². The lowest BCUT2D eigenvalue weighted by atomic mass is 9.85. The summed E-state index contributed by atoms with van der Waals surface area (Å²) in [6, 6.07) is 4.42. The number of fused-ring (bicyclic) bond motifs is 4. The molecule has 0 saturated carbocycles. The van der Waals surface area contributed by atoms with Crippen LogP contribution in [0.2, 0.25) is 0 Å². The normalized spacial score (nSPS) is 19.2. The Morgan fingerprint density at radius 2 is 1.92 bits per heavy atom. The van der Waals surface area contributed by atoms with Gasteiger partial charge in [-0.2, -0.15) is 0 Å². The molecule has 0 unspecified atom stereocenters. The van der Waals surface area contributed by atoms with Gasteiger partial charge >= 0.3 is 5.97 Å². The monoisotopic (exact) mass is 512 g/mol. The molecule has 4 atom stereocenters. The molecule has 37 heavy (non-hydrogen) atoms. The van der Waals surface area contributed by atoms with Gasteiger partial charge in [0.2, 0.25) is 5.43 Å². The van der Waals surface area contributed by atoms with E-state index in [2.05, 4.69) is 6.58 Å². The highest BCUT2D eigenvalue weighted by atomic mass is 16.6. The molecule has 0 spiro atoms. The molecule has 4 rings (SSSR count). The van der Waals surface area contributed by atoms with Gasteiger partial charge < -0.3 is 33.9 Å². The van der Waals surface area contributed by atoms with Crippen LogP contribution in [-0.2, 0) is 14.3 Å². The molecule has 2 aromatic carbocycles. The molecule has 0 fully saturated rings. The van der Waals surface area contributed by atoms with Crippen LogP contribution in [0.5, 0.6) is 11.5 Å². The number of rotatable bonds is 6. The maximum Gasteiger partial charge on any atom is 0.303 e. The Kier molecular flexibility index (Phi) is 6.83. The highest BCUT2D eigenvalue weighted by molar-refractivity contribution is 5.97. The van der Waals surface area contributed by atoms with Crippen molar-refractivity contribution in [3.8, 4) is 11.5 Å². The van der Waals surface area contributed by atoms with Gasteiger partial charge in [-0.15, -0.1) is 0 Å². The second kappa shape index (κ2) is 9.48. The molecule has 0 aliphatic carbocycles. The molecule has 0 bridgehead atoms. The highest BCUT2D eigenvalue weighted by Gasteiger charge is 2.39. The zero-order valence-electron chi connectivity index (χ0n) is 21.7. The lowest BCUT2D eigenvalue weighted by Gasteiger charge is -2.34. The summed E-state index contributed by atoms with van der Waals surface area (Å²) in [5.41, 5.74) is 0.0677. The summed E-state index contributed by atoms with van der Waals surface area (Å²) in [6.07, 6.45) is -3.31. The second-order valence-corrected chi connectivity index (χ2v) is 10.2. The van der Waals surface area contributed by atoms with E-state index >= 15 is 0 Å². The third kappa shape index (κ3) is 4.47. The average Bonchev–Trinajstić information content (AvgIpc) is 2.79. The summed E-state index contributed by atoms with van der Waals surface area (Å²) < 4.78 is 23.4. The fourth-order valence-corrected chi connectivity index (χ4v) is 4.93. The first-order chi connectivity index (χ1) is 17.3. The lowest BCUT2D eigenvalue weighted by Crippen LogP contribution is -2.41. The number of hydrogen-bond acceptors (Lipinski definition) is 9. The van der Waals surface area contributed by atoms with Gasteiger partial charge in [0, 0.05) is 19.6 Å². The molecule has 0 amide bonds. The second-order valence-electron chi connectivity index (χ2n) is 10.2. The number of aliphatic hydroxyl groups is 2. The first-order valence-electron chi connectivity index (χ1n) is 11.9. The van der Waals surface area contributed by atoms with Gasteiger partial charge in [-0.3, -0.25) is 9.59 Å². The predicted octanol–water partition coefficient (Wildman–Crippen LogP) is 3.97. The maximum atomic E-state index is 14.0. The van der Waals surface area contributed by atoms with Crippen molar-refractivity contribution in [1.29, 1.82) is 0 Å². The van der Waals surface area contributed by atoms with Crippen LogP contribution in [0.4, 0.5) is 0 Å². The number of esters is 1. The fraction of sp³-hybridized carbons (Fsp3) is 0.429. The topological polar surface area (TPSA) is 136 Å². The van der Waals surface area contributed by atoms with Crippen LogP contribution in [0.3, 0.4) is 0 Å². The van der Waals surface area contributed by atoms with E-state index in [4.69, 9.17) is 18.6 Å². The van der Waals surface area contributed by atoms with Gasteiger partial charge in [-0.1, -0.05) is 12.2 Å². The van der Waals surface area contributed by atoms with Crippen molar-refractivity contribution in [1.82, 2.24) is 0 Å². The van der Waals surface area contributed by atoms with Crippen molar-refractivity contribution in [2.75, 3.05) is 13.7 Å². The quantitative estimate of drug-likeness (QED) is 0.255. The SMILES string of the molecule is C=C(C)[C@H]1COc2c(C)cc3oc4c([C@@H](OC)[C@@H](O)C(C)(C)O)ccc(O)c4c(=O)c3c2[C@@H]1OC(C)=O. The number of carbonyl (C=O) groups is 1. The number of aromatic hydroxyl groups is 1. The summed E-state index contributed by atoms with van der Waals surface area (Å²) >= 11 is 0. The minimum Gasteiger partial charge on any atom is -0.507 e. The van der Waals surface area contributed by atoms with Gasteiger partial charge in [-0.25, -0.2) is 0 Å². The molecular formula is C28H32O9.